The fraction of sp³-hybridized carbons (Fsp3) is 0.364. The van der Waals surface area contributed by atoms with E-state index in [2.05, 4.69) is 0 Å². The first-order chi connectivity index (χ1) is 7.77. The van der Waals surface area contributed by atoms with Gasteiger partial charge in [-0.05, 0) is 44.0 Å². The quantitative estimate of drug-likeness (QED) is 0.628. The van der Waals surface area contributed by atoms with E-state index in [-0.39, 0.29) is 17.1 Å². The van der Waals surface area contributed by atoms with Gasteiger partial charge in [0, 0.05) is 10.7 Å². The van der Waals surface area contributed by atoms with Gasteiger partial charge >= 0.3 is 5.97 Å². The smallest absolute Gasteiger partial charge is 0.338 e. The number of carbonyl (C=O) groups is 1. The van der Waals surface area contributed by atoms with Crippen LogP contribution in [-0.4, -0.2) is 21.0 Å². The van der Waals surface area contributed by atoms with Crippen molar-refractivity contribution < 1.29 is 17.9 Å². The third-order valence-corrected chi connectivity index (χ3v) is 3.75. The van der Waals surface area contributed by atoms with Gasteiger partial charge in [0.15, 0.2) is 0 Å². The van der Waals surface area contributed by atoms with Crippen molar-refractivity contribution in [3.63, 3.8) is 0 Å². The third kappa shape index (κ3) is 3.20. The minimum atomic E-state index is -3.85. The Hall–Kier alpha value is -1.07. The molecule has 94 valence electrons. The summed E-state index contributed by atoms with van der Waals surface area (Å²) >= 11 is 0. The Morgan fingerprint density at radius 1 is 1.35 bits per heavy atom. The van der Waals surface area contributed by atoms with Gasteiger partial charge in [-0.25, -0.2) is 13.2 Å². The highest BCUT2D eigenvalue weighted by atomic mass is 35.7. The molecule has 0 saturated carbocycles. The number of benzene rings is 1. The molecular weight excluding hydrogens is 264 g/mol. The monoisotopic (exact) mass is 276 g/mol. The molecule has 0 heterocycles. The van der Waals surface area contributed by atoms with Crippen LogP contribution in [0, 0.1) is 13.8 Å². The average Bonchev–Trinajstić information content (AvgIpc) is 2.20. The normalized spacial score (nSPS) is 11.3. The van der Waals surface area contributed by atoms with Crippen LogP contribution in [0.1, 0.15) is 28.4 Å². The molecule has 1 rings (SSSR count). The van der Waals surface area contributed by atoms with E-state index in [4.69, 9.17) is 15.4 Å². The van der Waals surface area contributed by atoms with Crippen molar-refractivity contribution >= 4 is 25.7 Å². The minimum Gasteiger partial charge on any atom is -0.462 e. The van der Waals surface area contributed by atoms with E-state index in [1.165, 1.54) is 12.1 Å². The molecule has 0 spiro atoms. The second-order valence-electron chi connectivity index (χ2n) is 3.57. The summed E-state index contributed by atoms with van der Waals surface area (Å²) in [6.07, 6.45) is 0. The zero-order chi connectivity index (χ0) is 13.2. The Morgan fingerprint density at radius 2 is 1.94 bits per heavy atom. The van der Waals surface area contributed by atoms with Crippen LogP contribution in [0.25, 0.3) is 0 Å². The second kappa shape index (κ2) is 5.06. The first-order valence-electron chi connectivity index (χ1n) is 5.00. The number of ether oxygens (including phenoxy) is 1. The van der Waals surface area contributed by atoms with Crippen molar-refractivity contribution in [2.45, 2.75) is 25.7 Å². The van der Waals surface area contributed by atoms with E-state index in [0.717, 1.165) is 0 Å². The fourth-order valence-electron chi connectivity index (χ4n) is 1.39. The van der Waals surface area contributed by atoms with E-state index >= 15 is 0 Å². The van der Waals surface area contributed by atoms with Crippen molar-refractivity contribution in [1.82, 2.24) is 0 Å². The maximum Gasteiger partial charge on any atom is 0.338 e. The van der Waals surface area contributed by atoms with Crippen molar-refractivity contribution in [3.8, 4) is 0 Å². The van der Waals surface area contributed by atoms with Gasteiger partial charge in [0.05, 0.1) is 17.1 Å². The standard InChI is InChI=1S/C11H13ClO4S/c1-4-16-11(13)10-6-9(17(12,14)15)5-7(2)8(10)3/h5-6H,4H2,1-3H3. The largest absolute Gasteiger partial charge is 0.462 e. The Bertz CT molecular complexity index is 549. The van der Waals surface area contributed by atoms with Crippen molar-refractivity contribution in [2.24, 2.45) is 0 Å². The minimum absolute atomic E-state index is 0.0923. The van der Waals surface area contributed by atoms with Gasteiger partial charge in [-0.1, -0.05) is 0 Å². The molecule has 0 aromatic heterocycles. The van der Waals surface area contributed by atoms with Crippen LogP contribution in [0.15, 0.2) is 17.0 Å². The molecule has 6 heteroatoms. The molecule has 0 bridgehead atoms. The molecular formula is C11H13ClO4S. The summed E-state index contributed by atoms with van der Waals surface area (Å²) in [7, 11) is 1.41. The van der Waals surface area contributed by atoms with Gasteiger partial charge in [0.1, 0.15) is 0 Å². The third-order valence-electron chi connectivity index (χ3n) is 2.42. The van der Waals surface area contributed by atoms with Crippen LogP contribution in [0.4, 0.5) is 0 Å². The molecule has 1 aromatic rings. The van der Waals surface area contributed by atoms with Crippen LogP contribution >= 0.6 is 10.7 Å². The summed E-state index contributed by atoms with van der Waals surface area (Å²) < 4.78 is 27.3. The molecule has 0 amide bonds. The molecule has 0 aliphatic rings. The molecule has 0 unspecified atom stereocenters. The highest BCUT2D eigenvalue weighted by Crippen LogP contribution is 2.23. The van der Waals surface area contributed by atoms with Gasteiger partial charge in [-0.15, -0.1) is 0 Å². The number of rotatable bonds is 3. The van der Waals surface area contributed by atoms with E-state index in [1.807, 2.05) is 0 Å². The van der Waals surface area contributed by atoms with Gasteiger partial charge in [0.25, 0.3) is 9.05 Å². The molecule has 0 radical (unpaired) electrons. The lowest BCUT2D eigenvalue weighted by molar-refractivity contribution is 0.0525. The Morgan fingerprint density at radius 3 is 2.41 bits per heavy atom. The number of halogens is 1. The maximum absolute atomic E-state index is 11.6. The molecule has 0 atom stereocenters. The number of hydrogen-bond acceptors (Lipinski definition) is 4. The lowest BCUT2D eigenvalue weighted by atomic mass is 10.0. The summed E-state index contributed by atoms with van der Waals surface area (Å²) in [5, 5.41) is 0. The van der Waals surface area contributed by atoms with Crippen LogP contribution < -0.4 is 0 Å². The Balaban J connectivity index is 3.40. The summed E-state index contributed by atoms with van der Waals surface area (Å²) in [5.74, 6) is -0.546. The van der Waals surface area contributed by atoms with Crippen LogP contribution in [0.2, 0.25) is 0 Å². The molecule has 0 saturated heterocycles. The van der Waals surface area contributed by atoms with Crippen LogP contribution in [-0.2, 0) is 13.8 Å². The first-order valence-corrected chi connectivity index (χ1v) is 7.31. The second-order valence-corrected chi connectivity index (χ2v) is 6.14. The molecule has 4 nitrogen and oxygen atoms in total. The summed E-state index contributed by atoms with van der Waals surface area (Å²) in [6.45, 7) is 5.35. The Kier molecular flexibility index (Phi) is 4.16. The maximum atomic E-state index is 11.6. The molecule has 0 aliphatic carbocycles. The molecule has 0 fully saturated rings. The molecule has 0 N–H and O–H groups in total. The molecule has 0 aliphatic heterocycles. The highest BCUT2D eigenvalue weighted by Gasteiger charge is 2.18. The fourth-order valence-corrected chi connectivity index (χ4v) is 2.23. The zero-order valence-corrected chi connectivity index (χ0v) is 11.4. The van der Waals surface area contributed by atoms with E-state index in [9.17, 15) is 13.2 Å². The summed E-state index contributed by atoms with van der Waals surface area (Å²) in [5.41, 5.74) is 1.59. The van der Waals surface area contributed by atoms with Crippen LogP contribution in [0.5, 0.6) is 0 Å². The first kappa shape index (κ1) is 14.0. The number of carbonyl (C=O) groups excluding carboxylic acids is 1. The van der Waals surface area contributed by atoms with Crippen molar-refractivity contribution in [3.05, 3.63) is 28.8 Å². The van der Waals surface area contributed by atoms with Crippen molar-refractivity contribution in [2.75, 3.05) is 6.61 Å². The van der Waals surface area contributed by atoms with E-state index < -0.39 is 15.0 Å². The lowest BCUT2D eigenvalue weighted by Gasteiger charge is -2.09. The molecule has 17 heavy (non-hydrogen) atoms. The van der Waals surface area contributed by atoms with E-state index in [0.29, 0.717) is 11.1 Å². The number of hydrogen-bond donors (Lipinski definition) is 0. The van der Waals surface area contributed by atoms with Gasteiger partial charge in [-0.2, -0.15) is 0 Å². The van der Waals surface area contributed by atoms with Gasteiger partial charge in [-0.3, -0.25) is 0 Å². The van der Waals surface area contributed by atoms with E-state index in [1.54, 1.807) is 20.8 Å². The number of aryl methyl sites for hydroxylation is 1. The van der Waals surface area contributed by atoms with Gasteiger partial charge in [0.2, 0.25) is 0 Å². The number of esters is 1. The molecule has 1 aromatic carbocycles. The predicted molar refractivity (Wildman–Crippen MR) is 64.9 cm³/mol. The van der Waals surface area contributed by atoms with Crippen molar-refractivity contribution in [1.29, 1.82) is 0 Å². The SMILES string of the molecule is CCOC(=O)c1cc(S(=O)(=O)Cl)cc(C)c1C. The van der Waals surface area contributed by atoms with Crippen LogP contribution in [0.3, 0.4) is 0 Å². The summed E-state index contributed by atoms with van der Waals surface area (Å²) in [6, 6.07) is 2.67. The summed E-state index contributed by atoms with van der Waals surface area (Å²) in [4.78, 5) is 11.5. The Labute approximate surface area is 105 Å². The predicted octanol–water partition coefficient (Wildman–Crippen LogP) is 2.41. The topological polar surface area (TPSA) is 60.4 Å². The average molecular weight is 277 g/mol. The highest BCUT2D eigenvalue weighted by molar-refractivity contribution is 8.13. The zero-order valence-electron chi connectivity index (χ0n) is 9.78. The van der Waals surface area contributed by atoms with Gasteiger partial charge < -0.3 is 4.74 Å². The lowest BCUT2D eigenvalue weighted by Crippen LogP contribution is -2.09.